The van der Waals surface area contributed by atoms with Gasteiger partial charge in [0, 0.05) is 20.6 Å². The zero-order chi connectivity index (χ0) is 13.6. The molecule has 5 heteroatoms. The molecule has 0 spiro atoms. The molecular formula is C14H18N2O3. The summed E-state index contributed by atoms with van der Waals surface area (Å²) in [5.74, 6) is 0.861. The lowest BCUT2D eigenvalue weighted by atomic mass is 9.92. The van der Waals surface area contributed by atoms with E-state index in [4.69, 9.17) is 9.57 Å². The zero-order valence-corrected chi connectivity index (χ0v) is 11.4. The Morgan fingerprint density at radius 3 is 2.58 bits per heavy atom. The summed E-state index contributed by atoms with van der Waals surface area (Å²) in [5.41, 5.74) is 1.02. The normalized spacial score (nSPS) is 30.8. The third kappa shape index (κ3) is 1.89. The molecule has 5 nitrogen and oxygen atoms in total. The molecule has 1 amide bonds. The van der Waals surface area contributed by atoms with Crippen LogP contribution in [-0.2, 0) is 9.63 Å². The van der Waals surface area contributed by atoms with Gasteiger partial charge in [0.2, 0.25) is 5.91 Å². The second-order valence-corrected chi connectivity index (χ2v) is 5.16. The summed E-state index contributed by atoms with van der Waals surface area (Å²) >= 11 is 0. The van der Waals surface area contributed by atoms with Crippen molar-refractivity contribution in [1.29, 1.82) is 0 Å². The minimum Gasteiger partial charge on any atom is -0.497 e. The van der Waals surface area contributed by atoms with Crippen LogP contribution in [0.4, 0.5) is 0 Å². The van der Waals surface area contributed by atoms with E-state index in [1.54, 1.807) is 12.0 Å². The summed E-state index contributed by atoms with van der Waals surface area (Å²) in [6, 6.07) is 7.87. The monoisotopic (exact) mass is 262 g/mol. The molecule has 0 radical (unpaired) electrons. The number of methoxy groups -OCH3 is 1. The van der Waals surface area contributed by atoms with Gasteiger partial charge in [-0.3, -0.25) is 9.63 Å². The quantitative estimate of drug-likeness (QED) is 0.799. The van der Waals surface area contributed by atoms with Gasteiger partial charge >= 0.3 is 0 Å². The summed E-state index contributed by atoms with van der Waals surface area (Å²) < 4.78 is 5.15. The molecule has 2 aliphatic heterocycles. The lowest BCUT2D eigenvalue weighted by Crippen LogP contribution is -2.30. The van der Waals surface area contributed by atoms with Gasteiger partial charge in [-0.1, -0.05) is 12.1 Å². The van der Waals surface area contributed by atoms with E-state index in [0.29, 0.717) is 0 Å². The first kappa shape index (κ1) is 12.4. The lowest BCUT2D eigenvalue weighted by molar-refractivity contribution is -0.156. The highest BCUT2D eigenvalue weighted by Crippen LogP contribution is 2.42. The Morgan fingerprint density at radius 1 is 1.26 bits per heavy atom. The van der Waals surface area contributed by atoms with E-state index in [2.05, 4.69) is 0 Å². The average molecular weight is 262 g/mol. The maximum Gasteiger partial charge on any atom is 0.230 e. The number of benzene rings is 1. The third-order valence-corrected chi connectivity index (χ3v) is 4.05. The van der Waals surface area contributed by atoms with Crippen LogP contribution in [0.1, 0.15) is 11.7 Å². The van der Waals surface area contributed by atoms with E-state index in [1.165, 1.54) is 0 Å². The molecule has 0 bridgehead atoms. The number of likely N-dealkylation sites (tertiary alicyclic amines) is 1. The van der Waals surface area contributed by atoms with Crippen LogP contribution in [0.2, 0.25) is 0 Å². The Balaban J connectivity index is 1.90. The molecule has 2 saturated heterocycles. The SMILES string of the molecule is COc1ccc([C@@H]2ON(C)[C@H]3CN(C)C(=O)[C@@H]23)cc1. The van der Waals surface area contributed by atoms with E-state index in [-0.39, 0.29) is 24.0 Å². The van der Waals surface area contributed by atoms with Crippen LogP contribution in [0.5, 0.6) is 5.75 Å². The summed E-state index contributed by atoms with van der Waals surface area (Å²) in [4.78, 5) is 19.9. The molecule has 0 saturated carbocycles. The Morgan fingerprint density at radius 2 is 1.95 bits per heavy atom. The molecular weight excluding hydrogens is 244 g/mol. The second-order valence-electron chi connectivity index (χ2n) is 5.16. The largest absolute Gasteiger partial charge is 0.497 e. The van der Waals surface area contributed by atoms with Crippen molar-refractivity contribution in [3.05, 3.63) is 29.8 Å². The number of carbonyl (C=O) groups is 1. The molecule has 19 heavy (non-hydrogen) atoms. The number of rotatable bonds is 2. The highest BCUT2D eigenvalue weighted by Gasteiger charge is 2.52. The van der Waals surface area contributed by atoms with Crippen molar-refractivity contribution in [2.75, 3.05) is 27.7 Å². The summed E-state index contributed by atoms with van der Waals surface area (Å²) in [6.45, 7) is 0.729. The number of hydrogen-bond donors (Lipinski definition) is 0. The van der Waals surface area contributed by atoms with Crippen LogP contribution >= 0.6 is 0 Å². The maximum absolute atomic E-state index is 12.2. The van der Waals surface area contributed by atoms with Crippen LogP contribution in [0, 0.1) is 5.92 Å². The van der Waals surface area contributed by atoms with E-state index >= 15 is 0 Å². The van der Waals surface area contributed by atoms with Crippen molar-refractivity contribution in [3.8, 4) is 5.75 Å². The van der Waals surface area contributed by atoms with E-state index in [9.17, 15) is 4.79 Å². The Labute approximate surface area is 112 Å². The molecule has 0 aromatic heterocycles. The molecule has 3 rings (SSSR count). The van der Waals surface area contributed by atoms with Crippen molar-refractivity contribution >= 4 is 5.91 Å². The van der Waals surface area contributed by atoms with Gasteiger partial charge in [-0.2, -0.15) is 5.06 Å². The Hall–Kier alpha value is -1.59. The predicted molar refractivity (Wildman–Crippen MR) is 69.5 cm³/mol. The molecule has 1 aromatic rings. The van der Waals surface area contributed by atoms with Crippen LogP contribution in [0.15, 0.2) is 24.3 Å². The number of fused-ring (bicyclic) bond motifs is 1. The molecule has 2 fully saturated rings. The van der Waals surface area contributed by atoms with E-state index in [1.807, 2.05) is 43.4 Å². The number of hydroxylamine groups is 2. The van der Waals surface area contributed by atoms with Crippen LogP contribution in [0.3, 0.4) is 0 Å². The molecule has 2 heterocycles. The van der Waals surface area contributed by atoms with Gasteiger partial charge in [0.1, 0.15) is 11.9 Å². The second kappa shape index (κ2) is 4.51. The van der Waals surface area contributed by atoms with E-state index < -0.39 is 0 Å². The van der Waals surface area contributed by atoms with Gasteiger partial charge in [0.15, 0.2) is 0 Å². The summed E-state index contributed by atoms with van der Waals surface area (Å²) in [5, 5.41) is 1.82. The standard InChI is InChI=1S/C14H18N2O3/c1-15-8-11-12(14(15)17)13(19-16(11)2)9-4-6-10(18-3)7-5-9/h4-7,11-13H,8H2,1-3H3/t11-,12+,13-/m0/s1. The first-order chi connectivity index (χ1) is 9.11. The average Bonchev–Trinajstić information content (AvgIpc) is 2.90. The summed E-state index contributed by atoms with van der Waals surface area (Å²) in [7, 11) is 5.38. The number of likely N-dealkylation sites (N-methyl/N-ethyl adjacent to an activating group) is 2. The fourth-order valence-electron chi connectivity index (χ4n) is 2.96. The topological polar surface area (TPSA) is 42.0 Å². The van der Waals surface area contributed by atoms with Gasteiger partial charge in [-0.05, 0) is 17.7 Å². The van der Waals surface area contributed by atoms with Gasteiger partial charge < -0.3 is 9.64 Å². The third-order valence-electron chi connectivity index (χ3n) is 4.05. The number of hydrogen-bond acceptors (Lipinski definition) is 4. The lowest BCUT2D eigenvalue weighted by Gasteiger charge is -2.19. The predicted octanol–water partition coefficient (Wildman–Crippen LogP) is 1.07. The fraction of sp³-hybridized carbons (Fsp3) is 0.500. The molecule has 0 aliphatic carbocycles. The molecule has 2 aliphatic rings. The van der Waals surface area contributed by atoms with Crippen molar-refractivity contribution in [3.63, 3.8) is 0 Å². The number of amides is 1. The number of carbonyl (C=O) groups excluding carboxylic acids is 1. The van der Waals surface area contributed by atoms with Gasteiger partial charge in [-0.15, -0.1) is 0 Å². The fourth-order valence-corrected chi connectivity index (χ4v) is 2.96. The summed E-state index contributed by atoms with van der Waals surface area (Å²) in [6.07, 6.45) is -0.196. The first-order valence-electron chi connectivity index (χ1n) is 6.40. The van der Waals surface area contributed by atoms with Gasteiger partial charge in [-0.25, -0.2) is 0 Å². The van der Waals surface area contributed by atoms with Crippen molar-refractivity contribution < 1.29 is 14.4 Å². The minimum absolute atomic E-state index is 0.108. The van der Waals surface area contributed by atoms with Crippen molar-refractivity contribution in [2.24, 2.45) is 5.92 Å². The van der Waals surface area contributed by atoms with Crippen LogP contribution in [-0.4, -0.2) is 49.7 Å². The maximum atomic E-state index is 12.2. The molecule has 0 unspecified atom stereocenters. The van der Waals surface area contributed by atoms with E-state index in [0.717, 1.165) is 17.9 Å². The Bertz CT molecular complexity index is 488. The number of nitrogens with zero attached hydrogens (tertiary/aromatic N) is 2. The minimum atomic E-state index is -0.196. The van der Waals surface area contributed by atoms with Crippen LogP contribution in [0.25, 0.3) is 0 Å². The molecule has 1 aromatic carbocycles. The highest BCUT2D eigenvalue weighted by molar-refractivity contribution is 5.83. The zero-order valence-electron chi connectivity index (χ0n) is 11.4. The van der Waals surface area contributed by atoms with Crippen molar-refractivity contribution in [1.82, 2.24) is 9.96 Å². The first-order valence-corrected chi connectivity index (χ1v) is 6.40. The molecule has 3 atom stereocenters. The van der Waals surface area contributed by atoms with Gasteiger partial charge in [0.05, 0.1) is 19.1 Å². The number of ether oxygens (including phenoxy) is 1. The molecule has 102 valence electrons. The highest BCUT2D eigenvalue weighted by atomic mass is 16.7. The smallest absolute Gasteiger partial charge is 0.230 e. The Kier molecular flexibility index (Phi) is 2.95. The van der Waals surface area contributed by atoms with Crippen LogP contribution < -0.4 is 4.74 Å². The van der Waals surface area contributed by atoms with Gasteiger partial charge in [0.25, 0.3) is 0 Å². The van der Waals surface area contributed by atoms with Crippen molar-refractivity contribution in [2.45, 2.75) is 12.1 Å². The molecule has 0 N–H and O–H groups in total.